The monoisotopic (exact) mass is 262 g/mol. The molecule has 0 unspecified atom stereocenters. The highest BCUT2D eigenvalue weighted by Gasteiger charge is 2.44. The van der Waals surface area contributed by atoms with Crippen LogP contribution in [0.2, 0.25) is 5.02 Å². The van der Waals surface area contributed by atoms with Gasteiger partial charge in [0.2, 0.25) is 0 Å². The van der Waals surface area contributed by atoms with Crippen molar-refractivity contribution in [1.82, 2.24) is 0 Å². The second-order valence-electron chi connectivity index (χ2n) is 3.94. The smallest absolute Gasteiger partial charge is 0.324 e. The van der Waals surface area contributed by atoms with Crippen LogP contribution in [-0.4, -0.2) is 20.7 Å². The van der Waals surface area contributed by atoms with Crippen molar-refractivity contribution in [2.24, 2.45) is 0 Å². The summed E-state index contributed by atoms with van der Waals surface area (Å²) in [5.74, 6) is -0.600. The van der Waals surface area contributed by atoms with Gasteiger partial charge in [-0.25, -0.2) is 0 Å². The van der Waals surface area contributed by atoms with E-state index >= 15 is 0 Å². The zero-order chi connectivity index (χ0) is 12.6. The molecule has 0 atom stereocenters. The highest BCUT2D eigenvalue weighted by atomic mass is 35.5. The Kier molecular flexibility index (Phi) is 3.60. The molecule has 0 aliphatic carbocycles. The molecule has 2 N–H and O–H groups in total. The van der Waals surface area contributed by atoms with E-state index in [1.54, 1.807) is 0 Å². The van der Waals surface area contributed by atoms with Crippen LogP contribution in [0.4, 0.5) is 0 Å². The van der Waals surface area contributed by atoms with Crippen LogP contribution in [-0.2, 0) is 4.57 Å². The Balaban J connectivity index is 3.12. The van der Waals surface area contributed by atoms with E-state index in [1.165, 1.54) is 38.1 Å². The maximum Gasteiger partial charge on any atom is 0.338 e. The van der Waals surface area contributed by atoms with E-state index in [0.717, 1.165) is 0 Å². The van der Waals surface area contributed by atoms with Gasteiger partial charge in [-0.2, -0.15) is 0 Å². The van der Waals surface area contributed by atoms with Crippen molar-refractivity contribution in [1.29, 1.82) is 0 Å². The first kappa shape index (κ1) is 13.4. The minimum Gasteiger partial charge on any atom is -0.324 e. The lowest BCUT2D eigenvalue weighted by Crippen LogP contribution is -2.31. The summed E-state index contributed by atoms with van der Waals surface area (Å²) in [6, 6.07) is 5.90. The first-order valence-electron chi connectivity index (χ1n) is 4.52. The zero-order valence-electron chi connectivity index (χ0n) is 8.85. The van der Waals surface area contributed by atoms with Gasteiger partial charge in [0.1, 0.15) is 5.16 Å². The Morgan fingerprint density at radius 3 is 2.06 bits per heavy atom. The van der Waals surface area contributed by atoms with Crippen molar-refractivity contribution in [3.63, 3.8) is 0 Å². The predicted octanol–water partition coefficient (Wildman–Crippen LogP) is 2.48. The lowest BCUT2D eigenvalue weighted by atomic mass is 10.0. The van der Waals surface area contributed by atoms with E-state index in [-0.39, 0.29) is 5.56 Å². The number of halogens is 1. The molecule has 0 saturated carbocycles. The molecule has 6 heteroatoms. The molecular weight excluding hydrogens is 251 g/mol. The fourth-order valence-electron chi connectivity index (χ4n) is 1.09. The molecule has 0 bridgehead atoms. The first-order chi connectivity index (χ1) is 7.16. The number of ketones is 1. The molecule has 1 aromatic carbocycles. The number of carbonyl (C=O) groups is 1. The van der Waals surface area contributed by atoms with Crippen molar-refractivity contribution < 1.29 is 19.1 Å². The maximum atomic E-state index is 11.9. The molecule has 4 nitrogen and oxygen atoms in total. The SMILES string of the molecule is CC(C)(C(=O)c1ccc(Cl)cc1)P(=O)(O)O. The van der Waals surface area contributed by atoms with Crippen molar-refractivity contribution in [2.75, 3.05) is 0 Å². The Morgan fingerprint density at radius 2 is 1.69 bits per heavy atom. The number of carbonyl (C=O) groups excluding carboxylic acids is 1. The molecule has 0 saturated heterocycles. The van der Waals surface area contributed by atoms with Gasteiger partial charge in [-0.1, -0.05) is 11.6 Å². The number of hydrogen-bond donors (Lipinski definition) is 2. The summed E-state index contributed by atoms with van der Waals surface area (Å²) in [4.78, 5) is 30.1. The van der Waals surface area contributed by atoms with Gasteiger partial charge in [-0.3, -0.25) is 9.36 Å². The quantitative estimate of drug-likeness (QED) is 0.648. The molecule has 0 spiro atoms. The topological polar surface area (TPSA) is 74.6 Å². The van der Waals surface area contributed by atoms with Crippen LogP contribution in [0.5, 0.6) is 0 Å². The van der Waals surface area contributed by atoms with Gasteiger partial charge >= 0.3 is 7.60 Å². The molecule has 0 amide bonds. The van der Waals surface area contributed by atoms with Crippen LogP contribution in [0.15, 0.2) is 24.3 Å². The van der Waals surface area contributed by atoms with Crippen LogP contribution in [0.25, 0.3) is 0 Å². The van der Waals surface area contributed by atoms with Gasteiger partial charge < -0.3 is 9.79 Å². The van der Waals surface area contributed by atoms with Gasteiger partial charge in [0.05, 0.1) is 0 Å². The van der Waals surface area contributed by atoms with Crippen LogP contribution >= 0.6 is 19.2 Å². The number of hydrogen-bond acceptors (Lipinski definition) is 2. The highest BCUT2D eigenvalue weighted by molar-refractivity contribution is 7.54. The molecule has 0 aromatic heterocycles. The summed E-state index contributed by atoms with van der Waals surface area (Å²) < 4.78 is 11.2. The van der Waals surface area contributed by atoms with Crippen LogP contribution in [0, 0.1) is 0 Å². The molecule has 0 aliphatic rings. The summed E-state index contributed by atoms with van der Waals surface area (Å²) in [6.45, 7) is 2.45. The van der Waals surface area contributed by atoms with E-state index < -0.39 is 18.5 Å². The van der Waals surface area contributed by atoms with Gasteiger partial charge in [0, 0.05) is 10.6 Å². The Hall–Kier alpha value is -0.670. The number of Topliss-reactive ketones (excluding diaryl/α,β-unsaturated/α-hetero) is 1. The Labute approximate surface area is 98.4 Å². The summed E-state index contributed by atoms with van der Waals surface area (Å²) in [5.41, 5.74) is 0.234. The van der Waals surface area contributed by atoms with E-state index in [1.807, 2.05) is 0 Å². The minimum absolute atomic E-state index is 0.234. The third-order valence-corrected chi connectivity index (χ3v) is 4.30. The number of rotatable bonds is 3. The summed E-state index contributed by atoms with van der Waals surface area (Å²) >= 11 is 5.66. The fraction of sp³-hybridized carbons (Fsp3) is 0.300. The lowest BCUT2D eigenvalue weighted by molar-refractivity contribution is 0.0940. The van der Waals surface area contributed by atoms with Crippen LogP contribution < -0.4 is 0 Å². The van der Waals surface area contributed by atoms with E-state index in [9.17, 15) is 9.36 Å². The third-order valence-electron chi connectivity index (χ3n) is 2.39. The second kappa shape index (κ2) is 4.30. The van der Waals surface area contributed by atoms with Crippen molar-refractivity contribution >= 4 is 25.0 Å². The molecule has 1 rings (SSSR count). The average Bonchev–Trinajstić information content (AvgIpc) is 2.16. The van der Waals surface area contributed by atoms with Gasteiger partial charge in [-0.15, -0.1) is 0 Å². The first-order valence-corrected chi connectivity index (χ1v) is 6.51. The highest BCUT2D eigenvalue weighted by Crippen LogP contribution is 2.51. The fourth-order valence-corrected chi connectivity index (χ4v) is 1.61. The minimum atomic E-state index is -4.48. The van der Waals surface area contributed by atoms with E-state index in [2.05, 4.69) is 0 Å². The summed E-state index contributed by atoms with van der Waals surface area (Å²) in [6.07, 6.45) is 0. The average molecular weight is 263 g/mol. The largest absolute Gasteiger partial charge is 0.338 e. The molecule has 0 heterocycles. The van der Waals surface area contributed by atoms with Gasteiger partial charge in [0.25, 0.3) is 0 Å². The molecule has 0 radical (unpaired) electrons. The van der Waals surface area contributed by atoms with E-state index in [4.69, 9.17) is 21.4 Å². The van der Waals surface area contributed by atoms with Crippen molar-refractivity contribution in [2.45, 2.75) is 19.0 Å². The van der Waals surface area contributed by atoms with Gasteiger partial charge in [0.15, 0.2) is 5.78 Å². The molecule has 1 aromatic rings. The second-order valence-corrected chi connectivity index (χ2v) is 6.58. The standard InChI is InChI=1S/C10H12ClO4P/c1-10(2,16(13,14)15)9(12)7-3-5-8(11)6-4-7/h3-6H,1-2H3,(H2,13,14,15). The Bertz CT molecular complexity index is 446. The Morgan fingerprint density at radius 1 is 1.25 bits per heavy atom. The van der Waals surface area contributed by atoms with Gasteiger partial charge in [-0.05, 0) is 38.1 Å². The molecule has 16 heavy (non-hydrogen) atoms. The third kappa shape index (κ3) is 2.53. The van der Waals surface area contributed by atoms with Crippen molar-refractivity contribution in [3.05, 3.63) is 34.9 Å². The van der Waals surface area contributed by atoms with Crippen LogP contribution in [0.1, 0.15) is 24.2 Å². The molecule has 0 aliphatic heterocycles. The molecule has 0 fully saturated rings. The lowest BCUT2D eigenvalue weighted by Gasteiger charge is -2.24. The van der Waals surface area contributed by atoms with Crippen molar-refractivity contribution in [3.8, 4) is 0 Å². The predicted molar refractivity (Wildman–Crippen MR) is 61.9 cm³/mol. The maximum absolute atomic E-state index is 11.9. The summed E-state index contributed by atoms with van der Waals surface area (Å²) in [5, 5.41) is -1.26. The van der Waals surface area contributed by atoms with E-state index in [0.29, 0.717) is 5.02 Å². The molecular formula is C10H12ClO4P. The normalized spacial score (nSPS) is 12.6. The zero-order valence-corrected chi connectivity index (χ0v) is 10.5. The molecule has 88 valence electrons. The summed E-state index contributed by atoms with van der Waals surface area (Å²) in [7, 11) is -4.48. The van der Waals surface area contributed by atoms with Crippen LogP contribution in [0.3, 0.4) is 0 Å². The number of benzene rings is 1.